The fourth-order valence-corrected chi connectivity index (χ4v) is 3.31. The van der Waals surface area contributed by atoms with Gasteiger partial charge >= 0.3 is 0 Å². The Labute approximate surface area is 128 Å². The number of nitrogens with zero attached hydrogens (tertiary/aromatic N) is 1. The fourth-order valence-electron chi connectivity index (χ4n) is 3.31. The molecule has 0 unspecified atom stereocenters. The number of nitrogens with one attached hydrogen (secondary N) is 1. The van der Waals surface area contributed by atoms with Crippen LogP contribution in [0.1, 0.15) is 43.2 Å². The Morgan fingerprint density at radius 3 is 2.43 bits per heavy atom. The maximum Gasteiger partial charge on any atom is 0.238 e. The highest BCUT2D eigenvalue weighted by atomic mass is 16.2. The standard InChI is InChI=1S/C18H28N2O/c1-14-8-7-9-15(2)18(14)19-17(21)13-20(3)12-16-10-5-4-6-11-16/h7-9,16H,4-6,10-13H2,1-3H3,(H,19,21). The third-order valence-electron chi connectivity index (χ3n) is 4.45. The van der Waals surface area contributed by atoms with Crippen molar-refractivity contribution in [3.63, 3.8) is 0 Å². The molecule has 0 aliphatic heterocycles. The van der Waals surface area contributed by atoms with Crippen LogP contribution in [-0.4, -0.2) is 30.9 Å². The molecule has 0 spiro atoms. The first-order valence-electron chi connectivity index (χ1n) is 8.11. The largest absolute Gasteiger partial charge is 0.324 e. The van der Waals surface area contributed by atoms with E-state index in [1.54, 1.807) is 0 Å². The Bertz CT molecular complexity index is 458. The predicted molar refractivity (Wildman–Crippen MR) is 88.6 cm³/mol. The first kappa shape index (κ1) is 16.0. The molecule has 0 atom stereocenters. The molecule has 0 radical (unpaired) electrons. The summed E-state index contributed by atoms with van der Waals surface area (Å²) in [6.45, 7) is 5.59. The molecule has 1 N–H and O–H groups in total. The van der Waals surface area contributed by atoms with Crippen molar-refractivity contribution in [1.82, 2.24) is 4.90 Å². The van der Waals surface area contributed by atoms with Crippen LogP contribution in [0.15, 0.2) is 18.2 Å². The minimum atomic E-state index is 0.0886. The summed E-state index contributed by atoms with van der Waals surface area (Å²) in [5.74, 6) is 0.863. The van der Waals surface area contributed by atoms with Gasteiger partial charge in [0.1, 0.15) is 0 Å². The molecule has 21 heavy (non-hydrogen) atoms. The highest BCUT2D eigenvalue weighted by molar-refractivity contribution is 5.93. The van der Waals surface area contributed by atoms with Gasteiger partial charge in [-0.05, 0) is 50.8 Å². The normalized spacial score (nSPS) is 16.2. The molecular weight excluding hydrogens is 260 g/mol. The van der Waals surface area contributed by atoms with Crippen molar-refractivity contribution in [2.24, 2.45) is 5.92 Å². The van der Waals surface area contributed by atoms with Crippen molar-refractivity contribution in [2.75, 3.05) is 25.5 Å². The molecule has 1 aliphatic rings. The van der Waals surface area contributed by atoms with Crippen molar-refractivity contribution in [2.45, 2.75) is 46.0 Å². The predicted octanol–water partition coefficient (Wildman–Crippen LogP) is 3.75. The fraction of sp³-hybridized carbons (Fsp3) is 0.611. The van der Waals surface area contributed by atoms with Crippen LogP contribution in [0.25, 0.3) is 0 Å². The molecule has 1 aromatic rings. The van der Waals surface area contributed by atoms with Crippen LogP contribution >= 0.6 is 0 Å². The number of aryl methyl sites for hydroxylation is 2. The van der Waals surface area contributed by atoms with E-state index in [1.807, 2.05) is 32.0 Å². The van der Waals surface area contributed by atoms with E-state index in [0.29, 0.717) is 6.54 Å². The average molecular weight is 288 g/mol. The monoisotopic (exact) mass is 288 g/mol. The average Bonchev–Trinajstić information content (AvgIpc) is 2.44. The Balaban J connectivity index is 1.83. The zero-order chi connectivity index (χ0) is 15.2. The first-order chi connectivity index (χ1) is 10.1. The molecule has 1 fully saturated rings. The highest BCUT2D eigenvalue weighted by Gasteiger charge is 2.17. The maximum atomic E-state index is 12.2. The van der Waals surface area contributed by atoms with E-state index in [4.69, 9.17) is 0 Å². The molecule has 1 aliphatic carbocycles. The summed E-state index contributed by atoms with van der Waals surface area (Å²) in [6.07, 6.45) is 6.74. The smallest absolute Gasteiger partial charge is 0.238 e. The second-order valence-corrected chi connectivity index (χ2v) is 6.52. The Hall–Kier alpha value is -1.35. The first-order valence-corrected chi connectivity index (χ1v) is 8.11. The van der Waals surface area contributed by atoms with E-state index in [-0.39, 0.29) is 5.91 Å². The van der Waals surface area contributed by atoms with Gasteiger partial charge in [-0.3, -0.25) is 9.69 Å². The molecular formula is C18H28N2O. The van der Waals surface area contributed by atoms with Gasteiger partial charge in [-0.25, -0.2) is 0 Å². The van der Waals surface area contributed by atoms with Crippen LogP contribution in [0.3, 0.4) is 0 Å². The lowest BCUT2D eigenvalue weighted by Gasteiger charge is -2.26. The lowest BCUT2D eigenvalue weighted by Crippen LogP contribution is -2.34. The molecule has 0 saturated heterocycles. The van der Waals surface area contributed by atoms with Gasteiger partial charge in [0.2, 0.25) is 5.91 Å². The van der Waals surface area contributed by atoms with E-state index in [9.17, 15) is 4.79 Å². The number of rotatable bonds is 5. The number of anilines is 1. The van der Waals surface area contributed by atoms with Crippen LogP contribution in [-0.2, 0) is 4.79 Å². The summed E-state index contributed by atoms with van der Waals surface area (Å²) in [4.78, 5) is 14.4. The number of benzene rings is 1. The Kier molecular flexibility index (Phi) is 5.80. The number of amides is 1. The van der Waals surface area contributed by atoms with Gasteiger partial charge in [0, 0.05) is 12.2 Å². The molecule has 116 valence electrons. The molecule has 1 saturated carbocycles. The van der Waals surface area contributed by atoms with E-state index in [0.717, 1.165) is 29.3 Å². The van der Waals surface area contributed by atoms with Crippen molar-refractivity contribution >= 4 is 11.6 Å². The van der Waals surface area contributed by atoms with Crippen molar-refractivity contribution < 1.29 is 4.79 Å². The Morgan fingerprint density at radius 2 is 1.81 bits per heavy atom. The van der Waals surface area contributed by atoms with Crippen LogP contribution in [0.5, 0.6) is 0 Å². The number of carbonyl (C=O) groups is 1. The molecule has 0 bridgehead atoms. The van der Waals surface area contributed by atoms with Crippen LogP contribution in [0.2, 0.25) is 0 Å². The molecule has 3 heteroatoms. The molecule has 1 aromatic carbocycles. The van der Waals surface area contributed by atoms with Crippen molar-refractivity contribution in [1.29, 1.82) is 0 Å². The number of para-hydroxylation sites is 1. The van der Waals surface area contributed by atoms with Crippen LogP contribution < -0.4 is 5.32 Å². The van der Waals surface area contributed by atoms with Gasteiger partial charge in [0.15, 0.2) is 0 Å². The van der Waals surface area contributed by atoms with Gasteiger partial charge < -0.3 is 5.32 Å². The van der Waals surface area contributed by atoms with Crippen LogP contribution in [0.4, 0.5) is 5.69 Å². The van der Waals surface area contributed by atoms with Crippen molar-refractivity contribution in [3.05, 3.63) is 29.3 Å². The van der Waals surface area contributed by atoms with E-state index >= 15 is 0 Å². The summed E-state index contributed by atoms with van der Waals surface area (Å²) >= 11 is 0. The quantitative estimate of drug-likeness (QED) is 0.895. The lowest BCUT2D eigenvalue weighted by molar-refractivity contribution is -0.117. The van der Waals surface area contributed by atoms with Crippen molar-refractivity contribution in [3.8, 4) is 0 Å². The SMILES string of the molecule is Cc1cccc(C)c1NC(=O)CN(C)CC1CCCCC1. The molecule has 0 heterocycles. The molecule has 2 rings (SSSR count). The lowest BCUT2D eigenvalue weighted by atomic mass is 9.89. The maximum absolute atomic E-state index is 12.2. The second kappa shape index (κ2) is 7.60. The zero-order valence-corrected chi connectivity index (χ0v) is 13.6. The summed E-state index contributed by atoms with van der Waals surface area (Å²) in [7, 11) is 2.05. The number of hydrogen-bond donors (Lipinski definition) is 1. The molecule has 0 aromatic heterocycles. The van der Waals surface area contributed by atoms with Gasteiger partial charge in [-0.15, -0.1) is 0 Å². The molecule has 3 nitrogen and oxygen atoms in total. The minimum absolute atomic E-state index is 0.0886. The Morgan fingerprint density at radius 1 is 1.19 bits per heavy atom. The van der Waals surface area contributed by atoms with Gasteiger partial charge in [-0.1, -0.05) is 37.5 Å². The highest BCUT2D eigenvalue weighted by Crippen LogP contribution is 2.24. The molecule has 1 amide bonds. The summed E-state index contributed by atoms with van der Waals surface area (Å²) in [6, 6.07) is 6.10. The van der Waals surface area contributed by atoms with Gasteiger partial charge in [0.05, 0.1) is 6.54 Å². The van der Waals surface area contributed by atoms with Crippen LogP contribution in [0, 0.1) is 19.8 Å². The van der Waals surface area contributed by atoms with E-state index in [1.165, 1.54) is 32.1 Å². The third-order valence-corrected chi connectivity index (χ3v) is 4.45. The summed E-state index contributed by atoms with van der Waals surface area (Å²) < 4.78 is 0. The van der Waals surface area contributed by atoms with E-state index < -0.39 is 0 Å². The third kappa shape index (κ3) is 4.85. The number of carbonyl (C=O) groups excluding carboxylic acids is 1. The summed E-state index contributed by atoms with van der Waals surface area (Å²) in [5.41, 5.74) is 3.21. The zero-order valence-electron chi connectivity index (χ0n) is 13.6. The topological polar surface area (TPSA) is 32.3 Å². The second-order valence-electron chi connectivity index (χ2n) is 6.52. The van der Waals surface area contributed by atoms with E-state index in [2.05, 4.69) is 17.3 Å². The van der Waals surface area contributed by atoms with Gasteiger partial charge in [-0.2, -0.15) is 0 Å². The van der Waals surface area contributed by atoms with Gasteiger partial charge in [0.25, 0.3) is 0 Å². The summed E-state index contributed by atoms with van der Waals surface area (Å²) in [5, 5.41) is 3.07. The number of likely N-dealkylation sites (N-methyl/N-ethyl adjacent to an activating group) is 1. The minimum Gasteiger partial charge on any atom is -0.324 e. The number of hydrogen-bond acceptors (Lipinski definition) is 2.